The van der Waals surface area contributed by atoms with Gasteiger partial charge >= 0.3 is 5.97 Å². The number of aryl methyl sites for hydroxylation is 1. The Kier molecular flexibility index (Phi) is 6.62. The molecule has 0 aromatic heterocycles. The van der Waals surface area contributed by atoms with Crippen molar-refractivity contribution in [2.75, 3.05) is 7.11 Å². The van der Waals surface area contributed by atoms with E-state index in [1.165, 1.54) is 7.11 Å². The third-order valence-corrected chi connectivity index (χ3v) is 5.30. The number of carbonyl (C=O) groups excluding carboxylic acids is 2. The van der Waals surface area contributed by atoms with Crippen molar-refractivity contribution < 1.29 is 14.3 Å². The maximum absolute atomic E-state index is 12.6. The second-order valence-electron chi connectivity index (χ2n) is 5.29. The lowest BCUT2D eigenvalue weighted by molar-refractivity contribution is -0.141. The van der Waals surface area contributed by atoms with E-state index in [2.05, 4.69) is 27.9 Å². The van der Waals surface area contributed by atoms with Gasteiger partial charge in [0.1, 0.15) is 0 Å². The molecule has 0 saturated heterocycles. The van der Waals surface area contributed by atoms with Gasteiger partial charge < -0.3 is 10.1 Å². The molecule has 0 bridgehead atoms. The molecule has 2 aromatic carbocycles. The summed E-state index contributed by atoms with van der Waals surface area (Å²) >= 11 is 8.06. The number of carbonyl (C=O) groups is 2. The molecule has 1 atom stereocenters. The van der Waals surface area contributed by atoms with Crippen molar-refractivity contribution in [2.45, 2.75) is 19.4 Å². The second kappa shape index (κ2) is 8.48. The molecule has 0 radical (unpaired) electrons. The van der Waals surface area contributed by atoms with Crippen LogP contribution in [-0.2, 0) is 9.53 Å². The minimum atomic E-state index is -0.487. The number of nitrogens with one attached hydrogen (secondary N) is 1. The van der Waals surface area contributed by atoms with Gasteiger partial charge in [0.05, 0.1) is 25.1 Å². The van der Waals surface area contributed by atoms with E-state index in [1.54, 1.807) is 30.3 Å². The molecular formula is C18H17ClINO3. The van der Waals surface area contributed by atoms with Crippen LogP contribution in [0.4, 0.5) is 0 Å². The normalized spacial score (nSPS) is 11.7. The van der Waals surface area contributed by atoms with Gasteiger partial charge in [-0.25, -0.2) is 0 Å². The zero-order valence-electron chi connectivity index (χ0n) is 13.3. The first-order chi connectivity index (χ1) is 11.4. The number of rotatable bonds is 5. The summed E-state index contributed by atoms with van der Waals surface area (Å²) in [5, 5.41) is 3.51. The highest BCUT2D eigenvalue weighted by Gasteiger charge is 2.21. The first-order valence-electron chi connectivity index (χ1n) is 7.30. The smallest absolute Gasteiger partial charge is 0.307 e. The molecule has 1 unspecified atom stereocenters. The highest BCUT2D eigenvalue weighted by molar-refractivity contribution is 14.1. The molecule has 0 heterocycles. The zero-order valence-corrected chi connectivity index (χ0v) is 16.2. The number of amides is 1. The Morgan fingerprint density at radius 1 is 1.21 bits per heavy atom. The third kappa shape index (κ3) is 4.70. The van der Waals surface area contributed by atoms with Gasteiger partial charge in [-0.2, -0.15) is 0 Å². The quantitative estimate of drug-likeness (QED) is 0.538. The third-order valence-electron chi connectivity index (χ3n) is 3.61. The van der Waals surface area contributed by atoms with Crippen LogP contribution >= 0.6 is 34.2 Å². The Morgan fingerprint density at radius 3 is 2.50 bits per heavy atom. The van der Waals surface area contributed by atoms with Crippen molar-refractivity contribution in [3.8, 4) is 0 Å². The molecule has 2 rings (SSSR count). The van der Waals surface area contributed by atoms with E-state index in [-0.39, 0.29) is 12.3 Å². The molecule has 2 aromatic rings. The molecular weight excluding hydrogens is 441 g/mol. The van der Waals surface area contributed by atoms with E-state index in [1.807, 2.05) is 19.1 Å². The van der Waals surface area contributed by atoms with Crippen molar-refractivity contribution in [3.05, 3.63) is 67.7 Å². The largest absolute Gasteiger partial charge is 0.469 e. The summed E-state index contributed by atoms with van der Waals surface area (Å²) in [6.07, 6.45) is 0.0479. The summed E-state index contributed by atoms with van der Waals surface area (Å²) in [6, 6.07) is 12.1. The van der Waals surface area contributed by atoms with Crippen molar-refractivity contribution in [1.82, 2.24) is 5.32 Å². The van der Waals surface area contributed by atoms with Crippen molar-refractivity contribution in [2.24, 2.45) is 0 Å². The van der Waals surface area contributed by atoms with Gasteiger partial charge in [-0.3, -0.25) is 9.59 Å². The summed E-state index contributed by atoms with van der Waals surface area (Å²) < 4.78 is 5.63. The predicted octanol–water partition coefficient (Wildman–Crippen LogP) is 4.29. The van der Waals surface area contributed by atoms with Gasteiger partial charge in [-0.05, 0) is 58.8 Å². The van der Waals surface area contributed by atoms with Crippen LogP contribution in [0.1, 0.15) is 33.9 Å². The number of hydrogen-bond donors (Lipinski definition) is 1. The summed E-state index contributed by atoms with van der Waals surface area (Å²) in [5.41, 5.74) is 2.40. The van der Waals surface area contributed by atoms with Crippen molar-refractivity contribution >= 4 is 46.1 Å². The fraction of sp³-hybridized carbons (Fsp3) is 0.222. The Morgan fingerprint density at radius 2 is 1.88 bits per heavy atom. The monoisotopic (exact) mass is 457 g/mol. The standard InChI is InChI=1S/C18H17ClINO3/c1-11-4-3-5-14(17(11)20)18(23)21-15(10-16(22)24-2)12-6-8-13(19)9-7-12/h3-9,15H,10H2,1-2H3,(H,21,23). The topological polar surface area (TPSA) is 55.4 Å². The highest BCUT2D eigenvalue weighted by atomic mass is 127. The fourth-order valence-electron chi connectivity index (χ4n) is 2.26. The fourth-order valence-corrected chi connectivity index (χ4v) is 2.99. The van der Waals surface area contributed by atoms with Crippen LogP contribution in [0.15, 0.2) is 42.5 Å². The van der Waals surface area contributed by atoms with Crippen LogP contribution in [0.5, 0.6) is 0 Å². The number of hydrogen-bond acceptors (Lipinski definition) is 3. The molecule has 24 heavy (non-hydrogen) atoms. The molecule has 126 valence electrons. The Balaban J connectivity index is 2.27. The molecule has 0 saturated carbocycles. The zero-order chi connectivity index (χ0) is 17.7. The first kappa shape index (κ1) is 18.7. The lowest BCUT2D eigenvalue weighted by Crippen LogP contribution is -2.31. The number of halogens is 2. The van der Waals surface area contributed by atoms with Crippen LogP contribution in [0.25, 0.3) is 0 Å². The number of benzene rings is 2. The van der Waals surface area contributed by atoms with Gasteiger partial charge in [0.2, 0.25) is 0 Å². The molecule has 4 nitrogen and oxygen atoms in total. The molecule has 0 aliphatic rings. The molecule has 0 fully saturated rings. The Labute approximate surface area is 159 Å². The number of methoxy groups -OCH3 is 1. The molecule has 1 amide bonds. The molecule has 1 N–H and O–H groups in total. The summed E-state index contributed by atoms with van der Waals surface area (Å²) in [6.45, 7) is 1.95. The van der Waals surface area contributed by atoms with Crippen molar-refractivity contribution in [3.63, 3.8) is 0 Å². The van der Waals surface area contributed by atoms with Crippen LogP contribution < -0.4 is 5.32 Å². The van der Waals surface area contributed by atoms with Crippen LogP contribution in [0.2, 0.25) is 5.02 Å². The van der Waals surface area contributed by atoms with Gasteiger partial charge in [0, 0.05) is 8.59 Å². The van der Waals surface area contributed by atoms with E-state index in [0.29, 0.717) is 10.6 Å². The highest BCUT2D eigenvalue weighted by Crippen LogP contribution is 2.22. The average molecular weight is 458 g/mol. The maximum Gasteiger partial charge on any atom is 0.307 e. The molecule has 0 aliphatic heterocycles. The van der Waals surface area contributed by atoms with Gasteiger partial charge in [-0.1, -0.05) is 35.9 Å². The molecule has 6 heteroatoms. The average Bonchev–Trinajstić information content (AvgIpc) is 2.57. The Bertz CT molecular complexity index is 746. The van der Waals surface area contributed by atoms with Crippen LogP contribution in [0, 0.1) is 10.5 Å². The second-order valence-corrected chi connectivity index (χ2v) is 6.81. The molecule has 0 spiro atoms. The van der Waals surface area contributed by atoms with Crippen molar-refractivity contribution in [1.29, 1.82) is 0 Å². The van der Waals surface area contributed by atoms with Gasteiger partial charge in [0.15, 0.2) is 0 Å². The number of ether oxygens (including phenoxy) is 1. The first-order valence-corrected chi connectivity index (χ1v) is 8.76. The Hall–Kier alpha value is -1.60. The SMILES string of the molecule is COC(=O)CC(NC(=O)c1cccc(C)c1I)c1ccc(Cl)cc1. The van der Waals surface area contributed by atoms with E-state index < -0.39 is 12.0 Å². The minimum absolute atomic E-state index is 0.0479. The van der Waals surface area contributed by atoms with E-state index in [9.17, 15) is 9.59 Å². The van der Waals surface area contributed by atoms with Gasteiger partial charge in [0.25, 0.3) is 5.91 Å². The van der Waals surface area contributed by atoms with E-state index in [4.69, 9.17) is 16.3 Å². The summed E-state index contributed by atoms with van der Waals surface area (Å²) in [7, 11) is 1.33. The molecule has 0 aliphatic carbocycles. The van der Waals surface area contributed by atoms with E-state index >= 15 is 0 Å². The number of esters is 1. The maximum atomic E-state index is 12.6. The summed E-state index contributed by atoms with van der Waals surface area (Å²) in [4.78, 5) is 24.3. The minimum Gasteiger partial charge on any atom is -0.469 e. The van der Waals surface area contributed by atoms with Crippen LogP contribution in [-0.4, -0.2) is 19.0 Å². The van der Waals surface area contributed by atoms with E-state index in [0.717, 1.165) is 14.7 Å². The van der Waals surface area contributed by atoms with Crippen LogP contribution in [0.3, 0.4) is 0 Å². The predicted molar refractivity (Wildman–Crippen MR) is 102 cm³/mol. The lowest BCUT2D eigenvalue weighted by Gasteiger charge is -2.19. The van der Waals surface area contributed by atoms with Gasteiger partial charge in [-0.15, -0.1) is 0 Å². The summed E-state index contributed by atoms with van der Waals surface area (Å²) in [5.74, 6) is -0.624. The lowest BCUT2D eigenvalue weighted by atomic mass is 10.0.